The molecule has 6 rings (SSSR count). The van der Waals surface area contributed by atoms with Gasteiger partial charge in [-0.05, 0) is 37.0 Å². The molecule has 1 amide bonds. The summed E-state index contributed by atoms with van der Waals surface area (Å²) < 4.78 is 8.89. The van der Waals surface area contributed by atoms with Gasteiger partial charge in [-0.25, -0.2) is 14.5 Å². The van der Waals surface area contributed by atoms with Crippen LogP contribution < -0.4 is 15.3 Å². The summed E-state index contributed by atoms with van der Waals surface area (Å²) in [6.45, 7) is 3.06. The zero-order chi connectivity index (χ0) is 23.8. The first kappa shape index (κ1) is 21.4. The summed E-state index contributed by atoms with van der Waals surface area (Å²) in [5.41, 5.74) is 2.81. The summed E-state index contributed by atoms with van der Waals surface area (Å²) in [6, 6.07) is 15.3. The van der Waals surface area contributed by atoms with E-state index in [-0.39, 0.29) is 11.6 Å². The van der Waals surface area contributed by atoms with Crippen molar-refractivity contribution in [1.82, 2.24) is 24.1 Å². The van der Waals surface area contributed by atoms with E-state index in [0.717, 1.165) is 37.2 Å². The van der Waals surface area contributed by atoms with Crippen molar-refractivity contribution in [3.8, 4) is 5.75 Å². The molecule has 0 atom stereocenters. The van der Waals surface area contributed by atoms with Gasteiger partial charge in [0.1, 0.15) is 6.61 Å². The molecule has 1 saturated heterocycles. The number of pyridine rings is 2. The Labute approximate surface area is 202 Å². The number of hydrogen-bond donors (Lipinski definition) is 0. The Bertz CT molecular complexity index is 1440. The molecule has 0 bridgehead atoms. The second-order valence-corrected chi connectivity index (χ2v) is 8.94. The molecular formula is C26H26N6O3. The van der Waals surface area contributed by atoms with Crippen molar-refractivity contribution in [1.29, 1.82) is 0 Å². The monoisotopic (exact) mass is 470 g/mol. The fraction of sp³-hybridized carbons (Fsp3) is 0.308. The molecule has 178 valence electrons. The van der Waals surface area contributed by atoms with Crippen molar-refractivity contribution < 1.29 is 9.53 Å². The number of amides is 1. The lowest BCUT2D eigenvalue weighted by Crippen LogP contribution is -2.36. The number of benzene rings is 1. The third kappa shape index (κ3) is 4.03. The van der Waals surface area contributed by atoms with Crippen molar-refractivity contribution in [2.45, 2.75) is 25.8 Å². The molecule has 1 aromatic carbocycles. The van der Waals surface area contributed by atoms with Crippen LogP contribution in [0.2, 0.25) is 0 Å². The molecule has 0 saturated carbocycles. The molecule has 35 heavy (non-hydrogen) atoms. The van der Waals surface area contributed by atoms with Gasteiger partial charge >= 0.3 is 5.69 Å². The quantitative estimate of drug-likeness (QED) is 0.456. The Kier molecular flexibility index (Phi) is 5.44. The number of piperidine rings is 1. The van der Waals surface area contributed by atoms with Crippen molar-refractivity contribution in [2.24, 2.45) is 0 Å². The third-order valence-corrected chi connectivity index (χ3v) is 6.61. The highest BCUT2D eigenvalue weighted by atomic mass is 16.5. The zero-order valence-electron chi connectivity index (χ0n) is 19.3. The molecular weight excluding hydrogens is 444 g/mol. The topological polar surface area (TPSA) is 85.0 Å². The van der Waals surface area contributed by atoms with Gasteiger partial charge in [-0.1, -0.05) is 30.3 Å². The van der Waals surface area contributed by atoms with E-state index in [1.165, 1.54) is 11.1 Å². The van der Waals surface area contributed by atoms with Gasteiger partial charge in [-0.15, -0.1) is 5.10 Å². The minimum atomic E-state index is -0.184. The molecule has 1 fully saturated rings. The summed E-state index contributed by atoms with van der Waals surface area (Å²) in [5, 5.41) is 4.55. The van der Waals surface area contributed by atoms with Crippen molar-refractivity contribution >= 4 is 23.1 Å². The van der Waals surface area contributed by atoms with Crippen LogP contribution in [0.4, 0.5) is 11.5 Å². The van der Waals surface area contributed by atoms with Crippen LogP contribution in [0.25, 0.3) is 5.65 Å². The largest absolute Gasteiger partial charge is 0.488 e. The van der Waals surface area contributed by atoms with Gasteiger partial charge < -0.3 is 14.5 Å². The Morgan fingerprint density at radius 2 is 1.83 bits per heavy atom. The van der Waals surface area contributed by atoms with E-state index in [0.29, 0.717) is 42.5 Å². The number of carbonyl (C=O) groups excluding carboxylic acids is 1. The van der Waals surface area contributed by atoms with Crippen LogP contribution in [0.1, 0.15) is 35.2 Å². The molecule has 5 heterocycles. The second-order valence-electron chi connectivity index (χ2n) is 8.94. The standard InChI is InChI=1S/C26H26N6O3/c33-25(29-10-5-2-6-11-29)20-15-22-24(27-17-20)30(13-14-35-22)21-9-12-31-23(16-21)28-32(26(31)34)18-19-7-3-1-4-8-19/h1,3-4,7-9,12,15-17H,2,5-6,10-11,13-14,18H2. The Hall–Kier alpha value is -4.14. The van der Waals surface area contributed by atoms with E-state index in [4.69, 9.17) is 4.74 Å². The van der Waals surface area contributed by atoms with Gasteiger partial charge in [0.2, 0.25) is 0 Å². The number of aromatic nitrogens is 4. The molecule has 2 aliphatic rings. The SMILES string of the molecule is O=C(c1cnc2c(c1)OCCN2c1ccn2c(=O)n(Cc3ccccc3)nc2c1)N1CCCCC1. The molecule has 9 heteroatoms. The van der Waals surface area contributed by atoms with Crippen molar-refractivity contribution in [2.75, 3.05) is 31.1 Å². The van der Waals surface area contributed by atoms with E-state index >= 15 is 0 Å². The van der Waals surface area contributed by atoms with Crippen molar-refractivity contribution in [3.05, 3.63) is 82.5 Å². The summed E-state index contributed by atoms with van der Waals surface area (Å²) in [7, 11) is 0. The highest BCUT2D eigenvalue weighted by Crippen LogP contribution is 2.35. The summed E-state index contributed by atoms with van der Waals surface area (Å²) >= 11 is 0. The number of nitrogens with zero attached hydrogens (tertiary/aromatic N) is 6. The van der Waals surface area contributed by atoms with Crippen LogP contribution in [0.15, 0.2) is 65.7 Å². The molecule has 0 unspecified atom stereocenters. The van der Waals surface area contributed by atoms with Gasteiger partial charge in [0, 0.05) is 37.2 Å². The maximum atomic E-state index is 12.9. The zero-order valence-corrected chi connectivity index (χ0v) is 19.3. The van der Waals surface area contributed by atoms with E-state index in [1.807, 2.05) is 52.3 Å². The summed E-state index contributed by atoms with van der Waals surface area (Å²) in [6.07, 6.45) is 6.63. The molecule has 0 N–H and O–H groups in total. The van der Waals surface area contributed by atoms with Crippen LogP contribution in [0, 0.1) is 0 Å². The summed E-state index contributed by atoms with van der Waals surface area (Å²) in [4.78, 5) is 34.3. The van der Waals surface area contributed by atoms with E-state index in [9.17, 15) is 9.59 Å². The average Bonchev–Trinajstić information content (AvgIpc) is 3.22. The minimum absolute atomic E-state index is 0.00507. The number of hydrogen-bond acceptors (Lipinski definition) is 6. The first-order valence-electron chi connectivity index (χ1n) is 12.0. The lowest BCUT2D eigenvalue weighted by Gasteiger charge is -2.31. The van der Waals surface area contributed by atoms with Gasteiger partial charge in [-0.3, -0.25) is 9.20 Å². The lowest BCUT2D eigenvalue weighted by molar-refractivity contribution is 0.0723. The van der Waals surface area contributed by atoms with E-state index in [2.05, 4.69) is 10.1 Å². The van der Waals surface area contributed by atoms with Gasteiger partial charge in [0.25, 0.3) is 5.91 Å². The Morgan fingerprint density at radius 1 is 1.00 bits per heavy atom. The Morgan fingerprint density at radius 3 is 2.66 bits per heavy atom. The van der Waals surface area contributed by atoms with Crippen LogP contribution in [0.5, 0.6) is 5.75 Å². The number of anilines is 2. The highest BCUT2D eigenvalue weighted by Gasteiger charge is 2.25. The lowest BCUT2D eigenvalue weighted by atomic mass is 10.1. The number of ether oxygens (including phenoxy) is 1. The highest BCUT2D eigenvalue weighted by molar-refractivity contribution is 5.95. The fourth-order valence-corrected chi connectivity index (χ4v) is 4.78. The fourth-order valence-electron chi connectivity index (χ4n) is 4.78. The predicted octanol–water partition coefficient (Wildman–Crippen LogP) is 3.10. The van der Waals surface area contributed by atoms with Crippen LogP contribution >= 0.6 is 0 Å². The van der Waals surface area contributed by atoms with Crippen molar-refractivity contribution in [3.63, 3.8) is 0 Å². The third-order valence-electron chi connectivity index (χ3n) is 6.61. The van der Waals surface area contributed by atoms with Gasteiger partial charge in [0.05, 0.1) is 18.7 Å². The van der Waals surface area contributed by atoms with Gasteiger partial charge in [-0.2, -0.15) is 0 Å². The van der Waals surface area contributed by atoms with Gasteiger partial charge in [0.15, 0.2) is 17.2 Å². The average molecular weight is 471 g/mol. The molecule has 3 aromatic heterocycles. The molecule has 0 radical (unpaired) electrons. The van der Waals surface area contributed by atoms with Crippen LogP contribution in [-0.4, -0.2) is 56.2 Å². The van der Waals surface area contributed by atoms with E-state index < -0.39 is 0 Å². The summed E-state index contributed by atoms with van der Waals surface area (Å²) in [5.74, 6) is 1.25. The molecule has 4 aromatic rings. The first-order valence-corrected chi connectivity index (χ1v) is 12.0. The number of fused-ring (bicyclic) bond motifs is 2. The number of likely N-dealkylation sites (tertiary alicyclic amines) is 1. The van der Waals surface area contributed by atoms with E-state index in [1.54, 1.807) is 22.9 Å². The second kappa shape index (κ2) is 8.90. The minimum Gasteiger partial charge on any atom is -0.488 e. The maximum Gasteiger partial charge on any atom is 0.350 e. The smallest absolute Gasteiger partial charge is 0.350 e. The molecule has 2 aliphatic heterocycles. The Balaban J connectivity index is 1.29. The number of rotatable bonds is 4. The molecule has 9 nitrogen and oxygen atoms in total. The predicted molar refractivity (Wildman–Crippen MR) is 131 cm³/mol. The number of carbonyl (C=O) groups is 1. The maximum absolute atomic E-state index is 12.9. The van der Waals surface area contributed by atoms with Crippen LogP contribution in [0.3, 0.4) is 0 Å². The molecule has 0 aliphatic carbocycles. The van der Waals surface area contributed by atoms with Crippen LogP contribution in [-0.2, 0) is 6.54 Å². The molecule has 0 spiro atoms. The first-order chi connectivity index (χ1) is 17.2. The normalized spacial score (nSPS) is 15.7.